The Balaban J connectivity index is 1.63. The van der Waals surface area contributed by atoms with Crippen LogP contribution in [0.25, 0.3) is 0 Å². The Bertz CT molecular complexity index is 1150. The zero-order valence-corrected chi connectivity index (χ0v) is 21.2. The Kier molecular flexibility index (Phi) is 6.77. The number of carbonyl (C=O) groups is 2. The molecule has 1 aromatic carbocycles. The minimum atomic E-state index is -3.71. The largest absolute Gasteiger partial charge is 0.495 e. The lowest BCUT2D eigenvalue weighted by Crippen LogP contribution is -2.47. The molecular weight excluding hydrogens is 482 g/mol. The summed E-state index contributed by atoms with van der Waals surface area (Å²) in [5, 5.41) is 4.81. The van der Waals surface area contributed by atoms with Crippen LogP contribution in [-0.4, -0.2) is 61.4 Å². The molecule has 2 amide bonds. The van der Waals surface area contributed by atoms with E-state index in [0.29, 0.717) is 37.4 Å². The number of benzene rings is 1. The molecule has 1 N–H and O–H groups in total. The Labute approximate surface area is 202 Å². The van der Waals surface area contributed by atoms with Gasteiger partial charge >= 0.3 is 0 Å². The first kappa shape index (κ1) is 24.1. The first-order chi connectivity index (χ1) is 15.8. The summed E-state index contributed by atoms with van der Waals surface area (Å²) in [5.41, 5.74) is 0.265. The number of hydrogen-bond donors (Lipinski definition) is 1. The second-order valence-corrected chi connectivity index (χ2v) is 12.0. The summed E-state index contributed by atoms with van der Waals surface area (Å²) >= 11 is 3.20. The number of amides is 2. The van der Waals surface area contributed by atoms with Gasteiger partial charge in [-0.25, -0.2) is 8.42 Å². The molecule has 0 radical (unpaired) electrons. The average Bonchev–Trinajstić information content (AvgIpc) is 3.52. The van der Waals surface area contributed by atoms with Crippen LogP contribution in [0.1, 0.15) is 31.6 Å². The van der Waals surface area contributed by atoms with Crippen molar-refractivity contribution in [2.45, 2.75) is 42.5 Å². The standard InChI is InChI=1S/C22H27N3O5S3/c1-4-24(5-2)33(28,29)15-8-9-18(30-3)16(13-15)23-21(27)17-14-32-22(19-7-6-12-31-19)11-10-20(26)25(17)22/h6-9,12-13,17H,4-5,10-11,14H2,1-3H3,(H,23,27)/t17-,22+/m1/s1. The molecule has 0 aliphatic carbocycles. The highest BCUT2D eigenvalue weighted by Crippen LogP contribution is 2.55. The number of thiophene rings is 1. The normalized spacial score (nSPS) is 22.6. The van der Waals surface area contributed by atoms with Gasteiger partial charge in [0.25, 0.3) is 0 Å². The molecule has 178 valence electrons. The van der Waals surface area contributed by atoms with E-state index < -0.39 is 20.9 Å². The van der Waals surface area contributed by atoms with Crippen molar-refractivity contribution in [1.82, 2.24) is 9.21 Å². The lowest BCUT2D eigenvalue weighted by molar-refractivity contribution is -0.136. The van der Waals surface area contributed by atoms with Crippen molar-refractivity contribution in [3.05, 3.63) is 40.6 Å². The van der Waals surface area contributed by atoms with Gasteiger partial charge < -0.3 is 15.0 Å². The zero-order valence-electron chi connectivity index (χ0n) is 18.7. The molecule has 2 aliphatic rings. The SMILES string of the molecule is CCN(CC)S(=O)(=O)c1ccc(OC)c(NC(=O)[C@H]2CS[C@]3(c4cccs4)CCC(=O)N23)c1. The van der Waals surface area contributed by atoms with Crippen molar-refractivity contribution in [2.24, 2.45) is 0 Å². The number of anilines is 1. The van der Waals surface area contributed by atoms with Crippen LogP contribution in [0.2, 0.25) is 0 Å². The first-order valence-corrected chi connectivity index (χ1v) is 14.1. The van der Waals surface area contributed by atoms with Crippen molar-refractivity contribution in [3.8, 4) is 5.75 Å². The number of sulfonamides is 1. The molecule has 2 atom stereocenters. The van der Waals surface area contributed by atoms with Gasteiger partial charge in [-0.15, -0.1) is 23.1 Å². The molecule has 11 heteroatoms. The second kappa shape index (κ2) is 9.28. The van der Waals surface area contributed by atoms with E-state index in [1.807, 2.05) is 17.5 Å². The highest BCUT2D eigenvalue weighted by atomic mass is 32.2. The summed E-state index contributed by atoms with van der Waals surface area (Å²) in [6.07, 6.45) is 1.07. The number of thioether (sulfide) groups is 1. The molecule has 4 rings (SSSR count). The molecule has 33 heavy (non-hydrogen) atoms. The van der Waals surface area contributed by atoms with Gasteiger partial charge in [0.2, 0.25) is 21.8 Å². The van der Waals surface area contributed by atoms with Crippen molar-refractivity contribution in [3.63, 3.8) is 0 Å². The molecule has 2 fully saturated rings. The summed E-state index contributed by atoms with van der Waals surface area (Å²) < 4.78 is 32.7. The number of carbonyl (C=O) groups excluding carboxylic acids is 2. The highest BCUT2D eigenvalue weighted by molar-refractivity contribution is 8.00. The van der Waals surface area contributed by atoms with E-state index in [9.17, 15) is 18.0 Å². The summed E-state index contributed by atoms with van der Waals surface area (Å²) in [6, 6.07) is 7.74. The van der Waals surface area contributed by atoms with Gasteiger partial charge in [-0.1, -0.05) is 19.9 Å². The molecule has 2 aromatic rings. The van der Waals surface area contributed by atoms with Gasteiger partial charge in [0.15, 0.2) is 0 Å². The maximum Gasteiger partial charge on any atom is 0.248 e. The van der Waals surface area contributed by atoms with Crippen molar-refractivity contribution in [2.75, 3.05) is 31.3 Å². The second-order valence-electron chi connectivity index (χ2n) is 7.79. The van der Waals surface area contributed by atoms with E-state index in [2.05, 4.69) is 5.32 Å². The van der Waals surface area contributed by atoms with E-state index in [0.717, 1.165) is 4.88 Å². The Morgan fingerprint density at radius 2 is 2.06 bits per heavy atom. The quantitative estimate of drug-likeness (QED) is 0.587. The number of rotatable bonds is 8. The van der Waals surface area contributed by atoms with Gasteiger partial charge in [-0.3, -0.25) is 9.59 Å². The Hall–Kier alpha value is -2.08. The summed E-state index contributed by atoms with van der Waals surface area (Å²) in [5.74, 6) is 0.421. The van der Waals surface area contributed by atoms with Crippen LogP contribution in [-0.2, 0) is 24.5 Å². The average molecular weight is 510 g/mol. The lowest BCUT2D eigenvalue weighted by atomic mass is 10.1. The van der Waals surface area contributed by atoms with Crippen LogP contribution in [0.3, 0.4) is 0 Å². The van der Waals surface area contributed by atoms with Crippen LogP contribution in [0.15, 0.2) is 40.6 Å². The molecular formula is C22H27N3O5S3. The number of ether oxygens (including phenoxy) is 1. The van der Waals surface area contributed by atoms with Crippen molar-refractivity contribution < 1.29 is 22.7 Å². The third kappa shape index (κ3) is 4.05. The fourth-order valence-corrected chi connectivity index (χ4v) is 8.67. The summed E-state index contributed by atoms with van der Waals surface area (Å²) in [6.45, 7) is 4.23. The highest BCUT2D eigenvalue weighted by Gasteiger charge is 2.57. The molecule has 0 bridgehead atoms. The molecule has 0 unspecified atom stereocenters. The van der Waals surface area contributed by atoms with Crippen LogP contribution < -0.4 is 10.1 Å². The molecule has 0 saturated carbocycles. The number of methoxy groups -OCH3 is 1. The maximum atomic E-state index is 13.4. The number of nitrogens with one attached hydrogen (secondary N) is 1. The Morgan fingerprint density at radius 3 is 2.70 bits per heavy atom. The fraction of sp³-hybridized carbons (Fsp3) is 0.455. The lowest BCUT2D eigenvalue weighted by Gasteiger charge is -2.32. The van der Waals surface area contributed by atoms with Crippen LogP contribution in [0, 0.1) is 0 Å². The van der Waals surface area contributed by atoms with E-state index in [4.69, 9.17) is 4.74 Å². The van der Waals surface area contributed by atoms with Gasteiger partial charge in [0.05, 0.1) is 17.7 Å². The molecule has 2 saturated heterocycles. The van der Waals surface area contributed by atoms with Crippen molar-refractivity contribution in [1.29, 1.82) is 0 Å². The molecule has 2 aliphatic heterocycles. The topological polar surface area (TPSA) is 96.0 Å². The summed E-state index contributed by atoms with van der Waals surface area (Å²) in [4.78, 5) is 28.5. The van der Waals surface area contributed by atoms with Gasteiger partial charge in [0.1, 0.15) is 16.7 Å². The number of hydrogen-bond acceptors (Lipinski definition) is 7. The maximum absolute atomic E-state index is 13.4. The molecule has 1 aromatic heterocycles. The van der Waals surface area contributed by atoms with Crippen LogP contribution in [0.5, 0.6) is 5.75 Å². The number of fused-ring (bicyclic) bond motifs is 1. The number of nitrogens with zero attached hydrogens (tertiary/aromatic N) is 2. The fourth-order valence-electron chi connectivity index (χ4n) is 4.46. The molecule has 8 nitrogen and oxygen atoms in total. The van der Waals surface area contributed by atoms with E-state index in [-0.39, 0.29) is 22.4 Å². The van der Waals surface area contributed by atoms with E-state index in [1.54, 1.807) is 41.8 Å². The van der Waals surface area contributed by atoms with E-state index in [1.165, 1.54) is 29.6 Å². The van der Waals surface area contributed by atoms with Gasteiger partial charge in [-0.2, -0.15) is 4.31 Å². The third-order valence-corrected chi connectivity index (χ3v) is 10.9. The minimum Gasteiger partial charge on any atom is -0.495 e. The smallest absolute Gasteiger partial charge is 0.248 e. The molecule has 0 spiro atoms. The minimum absolute atomic E-state index is 0.0432. The first-order valence-electron chi connectivity index (χ1n) is 10.8. The predicted molar refractivity (Wildman–Crippen MR) is 130 cm³/mol. The monoisotopic (exact) mass is 509 g/mol. The zero-order chi connectivity index (χ0) is 23.8. The molecule has 3 heterocycles. The summed E-state index contributed by atoms with van der Waals surface area (Å²) in [7, 11) is -2.25. The van der Waals surface area contributed by atoms with Crippen LogP contribution >= 0.6 is 23.1 Å². The third-order valence-electron chi connectivity index (χ3n) is 6.11. The predicted octanol–water partition coefficient (Wildman–Crippen LogP) is 3.32. The Morgan fingerprint density at radius 1 is 1.30 bits per heavy atom. The van der Waals surface area contributed by atoms with E-state index >= 15 is 0 Å². The van der Waals surface area contributed by atoms with Gasteiger partial charge in [-0.05, 0) is 36.1 Å². The van der Waals surface area contributed by atoms with Crippen molar-refractivity contribution >= 4 is 50.6 Å². The van der Waals surface area contributed by atoms with Gasteiger partial charge in [0, 0.05) is 30.1 Å². The van der Waals surface area contributed by atoms with Crippen LogP contribution in [0.4, 0.5) is 5.69 Å².